The van der Waals surface area contributed by atoms with E-state index in [0.29, 0.717) is 5.57 Å². The number of carbonyl (C=O) groups excluding carboxylic acids is 1. The van der Waals surface area contributed by atoms with Crippen LogP contribution in [0.4, 0.5) is 0 Å². The predicted octanol–water partition coefficient (Wildman–Crippen LogP) is 0.372. The van der Waals surface area contributed by atoms with Gasteiger partial charge in [0.15, 0.2) is 0 Å². The average Bonchev–Trinajstić information content (AvgIpc) is 2.80. The third-order valence-electron chi connectivity index (χ3n) is 5.19. The van der Waals surface area contributed by atoms with E-state index in [9.17, 15) is 20.1 Å². The molecule has 1 heterocycles. The summed E-state index contributed by atoms with van der Waals surface area (Å²) in [7, 11) is 0. The summed E-state index contributed by atoms with van der Waals surface area (Å²) in [6, 6.07) is 0. The van der Waals surface area contributed by atoms with E-state index < -0.39 is 47.6 Å². The smallest absolute Gasteiger partial charge is 0.334 e. The van der Waals surface area contributed by atoms with Gasteiger partial charge < -0.3 is 20.1 Å². The van der Waals surface area contributed by atoms with Crippen molar-refractivity contribution in [2.24, 2.45) is 17.8 Å². The molecule has 21 heavy (non-hydrogen) atoms. The van der Waals surface area contributed by atoms with E-state index in [-0.39, 0.29) is 24.3 Å². The Labute approximate surface area is 127 Å². The third kappa shape index (κ3) is 1.99. The zero-order valence-electron chi connectivity index (χ0n) is 11.5. The van der Waals surface area contributed by atoms with Gasteiger partial charge in [0, 0.05) is 23.8 Å². The SMILES string of the molecule is C=C1C[C@@H](O)[C@H]2C(=C)C(=O)O[C@@H]2[C@@H]2[C@@H]1[C@H](O)C[C@@]2(O)CCl. The van der Waals surface area contributed by atoms with E-state index >= 15 is 0 Å². The highest BCUT2D eigenvalue weighted by atomic mass is 35.5. The first kappa shape index (κ1) is 15.0. The van der Waals surface area contributed by atoms with Gasteiger partial charge in [-0.05, 0) is 6.42 Å². The molecule has 0 unspecified atom stereocenters. The molecule has 0 aromatic rings. The molecule has 6 heteroatoms. The molecule has 0 bridgehead atoms. The highest BCUT2D eigenvalue weighted by molar-refractivity contribution is 6.18. The lowest BCUT2D eigenvalue weighted by atomic mass is 9.77. The number of aliphatic hydroxyl groups excluding tert-OH is 2. The Morgan fingerprint density at radius 1 is 1.29 bits per heavy atom. The molecule has 2 saturated carbocycles. The standard InChI is InChI=1S/C15H19ClO5/c1-6-3-8(17)11-7(2)14(19)21-13(11)12-10(6)9(18)4-15(12,20)5-16/h8-13,17-18,20H,1-5H2/t8-,9-,10+,11-,12+,13+,15-/m1/s1. The molecule has 3 N–H and O–H groups in total. The minimum atomic E-state index is -1.35. The average molecular weight is 315 g/mol. The Hall–Kier alpha value is -0.880. The first-order valence-electron chi connectivity index (χ1n) is 7.02. The van der Waals surface area contributed by atoms with Crippen LogP contribution in [0, 0.1) is 17.8 Å². The van der Waals surface area contributed by atoms with Crippen molar-refractivity contribution in [1.82, 2.24) is 0 Å². The number of hydrogen-bond acceptors (Lipinski definition) is 5. The molecule has 1 aliphatic heterocycles. The molecule has 3 fully saturated rings. The second-order valence-corrected chi connectivity index (χ2v) is 6.68. The van der Waals surface area contributed by atoms with Crippen LogP contribution in [-0.4, -0.2) is 51.1 Å². The lowest BCUT2D eigenvalue weighted by Gasteiger charge is -2.35. The Balaban J connectivity index is 2.10. The van der Waals surface area contributed by atoms with Crippen molar-refractivity contribution < 1.29 is 24.9 Å². The molecule has 0 aromatic carbocycles. The van der Waals surface area contributed by atoms with Crippen molar-refractivity contribution in [3.8, 4) is 0 Å². The topological polar surface area (TPSA) is 87.0 Å². The largest absolute Gasteiger partial charge is 0.458 e. The van der Waals surface area contributed by atoms with E-state index in [4.69, 9.17) is 16.3 Å². The molecule has 0 amide bonds. The van der Waals surface area contributed by atoms with Gasteiger partial charge in [-0.15, -0.1) is 11.6 Å². The Morgan fingerprint density at radius 3 is 2.57 bits per heavy atom. The van der Waals surface area contributed by atoms with Gasteiger partial charge >= 0.3 is 5.97 Å². The number of rotatable bonds is 1. The maximum atomic E-state index is 11.8. The molecule has 2 aliphatic carbocycles. The van der Waals surface area contributed by atoms with Gasteiger partial charge in [0.05, 0.1) is 29.6 Å². The van der Waals surface area contributed by atoms with Crippen LogP contribution >= 0.6 is 11.6 Å². The van der Waals surface area contributed by atoms with Gasteiger partial charge in [0.1, 0.15) is 6.10 Å². The predicted molar refractivity (Wildman–Crippen MR) is 75.5 cm³/mol. The number of halogens is 1. The first-order chi connectivity index (χ1) is 9.80. The number of hydrogen-bond donors (Lipinski definition) is 3. The highest BCUT2D eigenvalue weighted by Gasteiger charge is 2.63. The van der Waals surface area contributed by atoms with Crippen LogP contribution in [0.5, 0.6) is 0 Å². The van der Waals surface area contributed by atoms with Gasteiger partial charge in [-0.1, -0.05) is 18.7 Å². The molecule has 0 radical (unpaired) electrons. The fourth-order valence-corrected chi connectivity index (χ4v) is 4.55. The summed E-state index contributed by atoms with van der Waals surface area (Å²) >= 11 is 5.92. The van der Waals surface area contributed by atoms with E-state index in [1.807, 2.05) is 0 Å². The summed E-state index contributed by atoms with van der Waals surface area (Å²) in [5.74, 6) is -2.26. The molecular weight excluding hydrogens is 296 g/mol. The van der Waals surface area contributed by atoms with Crippen LogP contribution in [0.25, 0.3) is 0 Å². The van der Waals surface area contributed by atoms with Crippen LogP contribution in [0.3, 0.4) is 0 Å². The van der Waals surface area contributed by atoms with E-state index in [1.54, 1.807) is 0 Å². The van der Waals surface area contributed by atoms with Crippen molar-refractivity contribution in [3.63, 3.8) is 0 Å². The minimum Gasteiger partial charge on any atom is -0.458 e. The monoisotopic (exact) mass is 314 g/mol. The Morgan fingerprint density at radius 2 is 1.95 bits per heavy atom. The molecule has 0 aromatic heterocycles. The number of aliphatic hydroxyl groups is 3. The molecular formula is C15H19ClO5. The lowest BCUT2D eigenvalue weighted by molar-refractivity contribution is -0.147. The quantitative estimate of drug-likeness (QED) is 0.282. The van der Waals surface area contributed by atoms with Gasteiger partial charge in [0.2, 0.25) is 0 Å². The van der Waals surface area contributed by atoms with Gasteiger partial charge in [-0.2, -0.15) is 0 Å². The van der Waals surface area contributed by atoms with E-state index in [2.05, 4.69) is 13.2 Å². The summed E-state index contributed by atoms with van der Waals surface area (Å²) < 4.78 is 5.37. The number of esters is 1. The maximum Gasteiger partial charge on any atom is 0.334 e. The van der Waals surface area contributed by atoms with Crippen molar-refractivity contribution in [3.05, 3.63) is 24.3 Å². The number of ether oxygens (including phenoxy) is 1. The van der Waals surface area contributed by atoms with E-state index in [0.717, 1.165) is 0 Å². The fourth-order valence-electron chi connectivity index (χ4n) is 4.27. The fraction of sp³-hybridized carbons (Fsp3) is 0.667. The van der Waals surface area contributed by atoms with Gasteiger partial charge in [0.25, 0.3) is 0 Å². The molecule has 1 saturated heterocycles. The summed E-state index contributed by atoms with van der Waals surface area (Å²) in [4.78, 5) is 11.8. The molecule has 116 valence electrons. The summed E-state index contributed by atoms with van der Waals surface area (Å²) in [6.07, 6.45) is -2.06. The van der Waals surface area contributed by atoms with Gasteiger partial charge in [-0.25, -0.2) is 4.79 Å². The van der Waals surface area contributed by atoms with Crippen LogP contribution in [0.15, 0.2) is 24.3 Å². The van der Waals surface area contributed by atoms with Crippen LogP contribution in [0.1, 0.15) is 12.8 Å². The zero-order valence-corrected chi connectivity index (χ0v) is 12.3. The zero-order chi connectivity index (χ0) is 15.5. The lowest BCUT2D eigenvalue weighted by Crippen LogP contribution is -2.46. The van der Waals surface area contributed by atoms with Crippen LogP contribution in [0.2, 0.25) is 0 Å². The minimum absolute atomic E-state index is 0.0815. The van der Waals surface area contributed by atoms with E-state index in [1.165, 1.54) is 0 Å². The molecule has 3 aliphatic rings. The molecule has 5 nitrogen and oxygen atoms in total. The molecule has 7 atom stereocenters. The molecule has 0 spiro atoms. The third-order valence-corrected chi connectivity index (χ3v) is 5.65. The van der Waals surface area contributed by atoms with Crippen molar-refractivity contribution >= 4 is 17.6 Å². The Bertz CT molecular complexity index is 518. The normalized spacial score (nSPS) is 49.6. The second-order valence-electron chi connectivity index (χ2n) is 6.41. The number of carbonyl (C=O) groups is 1. The van der Waals surface area contributed by atoms with Crippen molar-refractivity contribution in [2.45, 2.75) is 36.8 Å². The summed E-state index contributed by atoms with van der Waals surface area (Å²) in [5.41, 5.74) is -0.495. The number of fused-ring (bicyclic) bond motifs is 3. The summed E-state index contributed by atoms with van der Waals surface area (Å²) in [6.45, 7) is 7.65. The Kier molecular flexibility index (Phi) is 3.44. The molecule has 3 rings (SSSR count). The van der Waals surface area contributed by atoms with Crippen molar-refractivity contribution in [2.75, 3.05) is 5.88 Å². The first-order valence-corrected chi connectivity index (χ1v) is 7.55. The van der Waals surface area contributed by atoms with Crippen LogP contribution < -0.4 is 0 Å². The second kappa shape index (κ2) is 4.81. The van der Waals surface area contributed by atoms with Crippen LogP contribution in [-0.2, 0) is 9.53 Å². The maximum absolute atomic E-state index is 11.8. The number of alkyl halides is 1. The van der Waals surface area contributed by atoms with Crippen molar-refractivity contribution in [1.29, 1.82) is 0 Å². The summed E-state index contributed by atoms with van der Waals surface area (Å²) in [5, 5.41) is 31.4. The highest BCUT2D eigenvalue weighted by Crippen LogP contribution is 2.54. The van der Waals surface area contributed by atoms with Gasteiger partial charge in [-0.3, -0.25) is 0 Å².